The van der Waals surface area contributed by atoms with Crippen molar-refractivity contribution in [3.8, 4) is 0 Å². The Kier molecular flexibility index (Phi) is 16.6. The van der Waals surface area contributed by atoms with E-state index in [4.69, 9.17) is 4.74 Å². The van der Waals surface area contributed by atoms with Crippen LogP contribution >= 0.6 is 24.0 Å². The van der Waals surface area contributed by atoms with Gasteiger partial charge in [-0.1, -0.05) is 6.08 Å². The fraction of sp³-hybridized carbons (Fsp3) is 0.727. The molecule has 0 aliphatic carbocycles. The van der Waals surface area contributed by atoms with Crippen LogP contribution in [-0.4, -0.2) is 39.3 Å². The number of nitrogens with one attached hydrogen (secondary N) is 2. The number of hydrogen-bond donors (Lipinski definition) is 2. The van der Waals surface area contributed by atoms with Crippen LogP contribution < -0.4 is 10.6 Å². The zero-order chi connectivity index (χ0) is 11.4. The van der Waals surface area contributed by atoms with Crippen molar-refractivity contribution in [3.63, 3.8) is 0 Å². The minimum Gasteiger partial charge on any atom is -0.382 e. The third-order valence-corrected chi connectivity index (χ3v) is 1.85. The molecule has 0 aliphatic heterocycles. The lowest BCUT2D eigenvalue weighted by molar-refractivity contribution is 0.143. The number of halogens is 1. The Morgan fingerprint density at radius 1 is 1.38 bits per heavy atom. The van der Waals surface area contributed by atoms with Crippen molar-refractivity contribution in [2.75, 3.05) is 33.4 Å². The molecule has 0 heterocycles. The van der Waals surface area contributed by atoms with Crippen molar-refractivity contribution in [3.05, 3.63) is 12.7 Å². The smallest absolute Gasteiger partial charge is 0.191 e. The molecule has 0 aromatic rings. The molecule has 5 heteroatoms. The quantitative estimate of drug-likeness (QED) is 0.233. The first-order chi connectivity index (χ1) is 7.35. The monoisotopic (exact) mass is 341 g/mol. The molecular formula is C11H24IN3O. The van der Waals surface area contributed by atoms with E-state index in [1.165, 1.54) is 0 Å². The SMILES string of the molecule is C=CCNC(=NC)NCCCCOCC.I. The molecule has 0 aromatic carbocycles. The molecule has 0 rings (SSSR count). The Morgan fingerprint density at radius 3 is 2.69 bits per heavy atom. The second-order valence-corrected chi connectivity index (χ2v) is 3.07. The third-order valence-electron chi connectivity index (χ3n) is 1.85. The number of ether oxygens (including phenoxy) is 1. The van der Waals surface area contributed by atoms with Crippen LogP contribution in [0.4, 0.5) is 0 Å². The van der Waals surface area contributed by atoms with E-state index in [0.29, 0.717) is 0 Å². The summed E-state index contributed by atoms with van der Waals surface area (Å²) in [4.78, 5) is 4.07. The summed E-state index contributed by atoms with van der Waals surface area (Å²) in [5.41, 5.74) is 0. The number of rotatable bonds is 8. The van der Waals surface area contributed by atoms with Gasteiger partial charge >= 0.3 is 0 Å². The lowest BCUT2D eigenvalue weighted by Crippen LogP contribution is -2.37. The maximum atomic E-state index is 5.24. The van der Waals surface area contributed by atoms with Crippen LogP contribution in [0.2, 0.25) is 0 Å². The molecule has 0 bridgehead atoms. The van der Waals surface area contributed by atoms with Gasteiger partial charge in [-0.15, -0.1) is 30.6 Å². The van der Waals surface area contributed by atoms with Gasteiger partial charge in [-0.3, -0.25) is 4.99 Å². The Labute approximate surface area is 116 Å². The second kappa shape index (κ2) is 14.7. The molecule has 2 N–H and O–H groups in total. The van der Waals surface area contributed by atoms with Crippen molar-refractivity contribution >= 4 is 29.9 Å². The molecule has 0 spiro atoms. The Morgan fingerprint density at radius 2 is 2.12 bits per heavy atom. The van der Waals surface area contributed by atoms with Gasteiger partial charge in [-0.25, -0.2) is 0 Å². The van der Waals surface area contributed by atoms with Gasteiger partial charge in [-0.05, 0) is 19.8 Å². The second-order valence-electron chi connectivity index (χ2n) is 3.07. The van der Waals surface area contributed by atoms with Gasteiger partial charge in [0.15, 0.2) is 5.96 Å². The maximum absolute atomic E-state index is 5.24. The third kappa shape index (κ3) is 11.8. The number of aliphatic imine (C=N–C) groups is 1. The topological polar surface area (TPSA) is 45.7 Å². The summed E-state index contributed by atoms with van der Waals surface area (Å²) in [5.74, 6) is 0.825. The van der Waals surface area contributed by atoms with Crippen LogP contribution in [0.5, 0.6) is 0 Å². The van der Waals surface area contributed by atoms with Gasteiger partial charge in [0.2, 0.25) is 0 Å². The summed E-state index contributed by atoms with van der Waals surface area (Å²) < 4.78 is 5.24. The van der Waals surface area contributed by atoms with E-state index in [1.807, 2.05) is 13.0 Å². The summed E-state index contributed by atoms with van der Waals surface area (Å²) in [6.07, 6.45) is 3.98. The molecular weight excluding hydrogens is 317 g/mol. The van der Waals surface area contributed by atoms with Crippen LogP contribution in [0.1, 0.15) is 19.8 Å². The summed E-state index contributed by atoms with van der Waals surface area (Å²) in [6, 6.07) is 0. The van der Waals surface area contributed by atoms with Crippen LogP contribution in [0, 0.1) is 0 Å². The molecule has 96 valence electrons. The molecule has 0 saturated carbocycles. The number of guanidine groups is 1. The van der Waals surface area contributed by atoms with E-state index in [2.05, 4.69) is 22.2 Å². The maximum Gasteiger partial charge on any atom is 0.191 e. The van der Waals surface area contributed by atoms with Crippen LogP contribution in [0.25, 0.3) is 0 Å². The highest BCUT2D eigenvalue weighted by molar-refractivity contribution is 14.0. The first-order valence-corrected chi connectivity index (χ1v) is 5.48. The van der Waals surface area contributed by atoms with Gasteiger partial charge in [-0.2, -0.15) is 0 Å². The zero-order valence-corrected chi connectivity index (χ0v) is 12.6. The summed E-state index contributed by atoms with van der Waals surface area (Å²) in [6.45, 7) is 8.95. The van der Waals surface area contributed by atoms with E-state index < -0.39 is 0 Å². The lowest BCUT2D eigenvalue weighted by Gasteiger charge is -2.09. The van der Waals surface area contributed by atoms with E-state index in [1.54, 1.807) is 7.05 Å². The lowest BCUT2D eigenvalue weighted by atomic mass is 10.3. The summed E-state index contributed by atoms with van der Waals surface area (Å²) >= 11 is 0. The zero-order valence-electron chi connectivity index (χ0n) is 10.3. The first-order valence-electron chi connectivity index (χ1n) is 5.48. The molecule has 0 fully saturated rings. The number of nitrogens with zero attached hydrogens (tertiary/aromatic N) is 1. The molecule has 0 amide bonds. The van der Waals surface area contributed by atoms with Crippen molar-refractivity contribution in [2.45, 2.75) is 19.8 Å². The van der Waals surface area contributed by atoms with E-state index in [9.17, 15) is 0 Å². The van der Waals surface area contributed by atoms with E-state index in [0.717, 1.165) is 45.1 Å². The number of unbranched alkanes of at least 4 members (excludes halogenated alkanes) is 1. The van der Waals surface area contributed by atoms with Gasteiger partial charge in [0.1, 0.15) is 0 Å². The van der Waals surface area contributed by atoms with Crippen molar-refractivity contribution in [2.24, 2.45) is 4.99 Å². The summed E-state index contributed by atoms with van der Waals surface area (Å²) in [7, 11) is 1.76. The molecule has 0 aromatic heterocycles. The highest BCUT2D eigenvalue weighted by Gasteiger charge is 1.94. The summed E-state index contributed by atoms with van der Waals surface area (Å²) in [5, 5.41) is 6.33. The minimum atomic E-state index is 0. The standard InChI is InChI=1S/C11H23N3O.HI/c1-4-8-13-11(12-3)14-9-6-7-10-15-5-2;/h4H,1,5-10H2,2-3H3,(H2,12,13,14);1H. The Balaban J connectivity index is 0. The van der Waals surface area contributed by atoms with Gasteiger partial charge < -0.3 is 15.4 Å². The van der Waals surface area contributed by atoms with Crippen molar-refractivity contribution in [1.29, 1.82) is 0 Å². The number of hydrogen-bond acceptors (Lipinski definition) is 2. The average molecular weight is 341 g/mol. The molecule has 0 aliphatic rings. The van der Waals surface area contributed by atoms with Crippen LogP contribution in [-0.2, 0) is 4.74 Å². The first kappa shape index (κ1) is 18.1. The highest BCUT2D eigenvalue weighted by Crippen LogP contribution is 1.88. The van der Waals surface area contributed by atoms with Crippen LogP contribution in [0.3, 0.4) is 0 Å². The normalized spacial score (nSPS) is 10.5. The van der Waals surface area contributed by atoms with Gasteiger partial charge in [0.25, 0.3) is 0 Å². The fourth-order valence-corrected chi connectivity index (χ4v) is 1.07. The molecule has 4 nitrogen and oxygen atoms in total. The largest absolute Gasteiger partial charge is 0.382 e. The fourth-order valence-electron chi connectivity index (χ4n) is 1.07. The predicted octanol–water partition coefficient (Wildman–Crippen LogP) is 1.77. The predicted molar refractivity (Wildman–Crippen MR) is 80.7 cm³/mol. The van der Waals surface area contributed by atoms with E-state index in [-0.39, 0.29) is 24.0 Å². The van der Waals surface area contributed by atoms with E-state index >= 15 is 0 Å². The van der Waals surface area contributed by atoms with Crippen molar-refractivity contribution < 1.29 is 4.74 Å². The van der Waals surface area contributed by atoms with Crippen LogP contribution in [0.15, 0.2) is 17.6 Å². The molecule has 0 unspecified atom stereocenters. The molecule has 0 radical (unpaired) electrons. The molecule has 0 atom stereocenters. The molecule has 0 saturated heterocycles. The Hall–Kier alpha value is -0.300. The van der Waals surface area contributed by atoms with Crippen molar-refractivity contribution in [1.82, 2.24) is 10.6 Å². The Bertz CT molecular complexity index is 186. The van der Waals surface area contributed by atoms with Gasteiger partial charge in [0, 0.05) is 33.4 Å². The minimum absolute atomic E-state index is 0. The average Bonchev–Trinajstić information content (AvgIpc) is 2.27. The molecule has 16 heavy (non-hydrogen) atoms. The van der Waals surface area contributed by atoms with Gasteiger partial charge in [0.05, 0.1) is 0 Å². The highest BCUT2D eigenvalue weighted by atomic mass is 127.